The van der Waals surface area contributed by atoms with Crippen LogP contribution in [0.1, 0.15) is 24.8 Å². The van der Waals surface area contributed by atoms with Crippen LogP contribution < -0.4 is 20.7 Å². The van der Waals surface area contributed by atoms with Gasteiger partial charge in [-0.25, -0.2) is 4.79 Å². The number of amides is 1. The van der Waals surface area contributed by atoms with E-state index in [1.54, 1.807) is 7.11 Å². The number of β-amino-alcohol motifs (C(OH)–C–C–N with tert-alkyl or cyclic N) is 1. The summed E-state index contributed by atoms with van der Waals surface area (Å²) in [6.07, 6.45) is 2.23. The molecular weight excluding hydrogens is 346 g/mol. The quantitative estimate of drug-likeness (QED) is 0.609. The van der Waals surface area contributed by atoms with Crippen LogP contribution in [-0.2, 0) is 11.2 Å². The van der Waals surface area contributed by atoms with Gasteiger partial charge in [-0.2, -0.15) is 0 Å². The van der Waals surface area contributed by atoms with Gasteiger partial charge in [0.25, 0.3) is 0 Å². The lowest BCUT2D eigenvalue weighted by Gasteiger charge is -2.44. The number of alkyl carbamates (subject to hydrolysis) is 1. The lowest BCUT2D eigenvalue weighted by molar-refractivity contribution is 0.0112. The second-order valence-electron chi connectivity index (χ2n) is 8.18. The van der Waals surface area contributed by atoms with Crippen molar-refractivity contribution in [1.29, 1.82) is 0 Å². The standard InChI is InChI=1S/C20H29N3O4/c1-26-15-4-2-13(3-5-15)8-16-18(17(24)11-22-16)27-19(25)23-14-9-20(10-14)6-7-21-12-20/h2-5,14,16-18,21-22,24H,6-12H2,1H3,(H,23,25)/t14?,16-,17+,18+,20?/m1/s1. The van der Waals surface area contributed by atoms with Crippen molar-refractivity contribution in [2.75, 3.05) is 26.7 Å². The van der Waals surface area contributed by atoms with Crippen LogP contribution in [0, 0.1) is 5.41 Å². The minimum Gasteiger partial charge on any atom is -0.497 e. The zero-order valence-corrected chi connectivity index (χ0v) is 15.7. The number of aliphatic hydroxyl groups is 1. The highest BCUT2D eigenvalue weighted by Gasteiger charge is 2.47. The van der Waals surface area contributed by atoms with Crippen molar-refractivity contribution in [3.63, 3.8) is 0 Å². The summed E-state index contributed by atoms with van der Waals surface area (Å²) in [4.78, 5) is 12.3. The predicted molar refractivity (Wildman–Crippen MR) is 101 cm³/mol. The second-order valence-corrected chi connectivity index (χ2v) is 8.18. The highest BCUT2D eigenvalue weighted by Crippen LogP contribution is 2.45. The first kappa shape index (κ1) is 18.5. The molecule has 0 bridgehead atoms. The minimum atomic E-state index is -0.689. The van der Waals surface area contributed by atoms with Crippen molar-refractivity contribution in [3.8, 4) is 5.75 Å². The number of hydrogen-bond donors (Lipinski definition) is 4. The molecule has 1 aromatic carbocycles. The molecule has 1 amide bonds. The summed E-state index contributed by atoms with van der Waals surface area (Å²) in [7, 11) is 1.64. The number of benzene rings is 1. The first-order valence-corrected chi connectivity index (χ1v) is 9.79. The van der Waals surface area contributed by atoms with E-state index in [4.69, 9.17) is 9.47 Å². The molecule has 1 spiro atoms. The molecule has 2 saturated heterocycles. The molecule has 0 unspecified atom stereocenters. The molecule has 0 radical (unpaired) electrons. The van der Waals surface area contributed by atoms with E-state index in [0.717, 1.165) is 37.2 Å². The number of carbonyl (C=O) groups excluding carboxylic acids is 1. The van der Waals surface area contributed by atoms with Gasteiger partial charge in [-0.15, -0.1) is 0 Å². The number of methoxy groups -OCH3 is 1. The van der Waals surface area contributed by atoms with Crippen LogP contribution in [0.25, 0.3) is 0 Å². The summed E-state index contributed by atoms with van der Waals surface area (Å²) < 4.78 is 10.8. The molecule has 27 heavy (non-hydrogen) atoms. The zero-order chi connectivity index (χ0) is 18.9. The maximum Gasteiger partial charge on any atom is 0.407 e. The average Bonchev–Trinajstić information content (AvgIpc) is 3.25. The Bertz CT molecular complexity index is 652. The van der Waals surface area contributed by atoms with E-state index in [0.29, 0.717) is 18.4 Å². The molecule has 3 atom stereocenters. The van der Waals surface area contributed by atoms with Crippen molar-refractivity contribution in [3.05, 3.63) is 29.8 Å². The number of ether oxygens (including phenoxy) is 2. The topological polar surface area (TPSA) is 91.8 Å². The third-order valence-electron chi connectivity index (χ3n) is 6.24. The Hall–Kier alpha value is -1.83. The fourth-order valence-corrected chi connectivity index (χ4v) is 4.69. The van der Waals surface area contributed by atoms with Gasteiger partial charge < -0.3 is 30.5 Å². The van der Waals surface area contributed by atoms with Crippen LogP contribution in [-0.4, -0.2) is 62.2 Å². The molecule has 3 aliphatic rings. The SMILES string of the molecule is COc1ccc(C[C@H]2NC[C@H](O)[C@H]2OC(=O)NC2CC3(CCNC3)C2)cc1. The summed E-state index contributed by atoms with van der Waals surface area (Å²) >= 11 is 0. The van der Waals surface area contributed by atoms with E-state index in [-0.39, 0.29) is 12.1 Å². The fraction of sp³-hybridized carbons (Fsp3) is 0.650. The van der Waals surface area contributed by atoms with Crippen molar-refractivity contribution >= 4 is 6.09 Å². The number of nitrogens with one attached hydrogen (secondary N) is 3. The molecule has 148 valence electrons. The van der Waals surface area contributed by atoms with E-state index in [1.807, 2.05) is 24.3 Å². The third-order valence-corrected chi connectivity index (χ3v) is 6.24. The van der Waals surface area contributed by atoms with Gasteiger partial charge in [-0.3, -0.25) is 0 Å². The van der Waals surface area contributed by atoms with Crippen LogP contribution in [0.15, 0.2) is 24.3 Å². The zero-order valence-electron chi connectivity index (χ0n) is 15.7. The average molecular weight is 375 g/mol. The Balaban J connectivity index is 1.28. The van der Waals surface area contributed by atoms with E-state index in [9.17, 15) is 9.90 Å². The van der Waals surface area contributed by atoms with Gasteiger partial charge in [0.05, 0.1) is 13.2 Å². The summed E-state index contributed by atoms with van der Waals surface area (Å²) in [5, 5.41) is 19.9. The Kier molecular flexibility index (Phi) is 5.25. The van der Waals surface area contributed by atoms with E-state index >= 15 is 0 Å². The molecule has 1 aromatic rings. The van der Waals surface area contributed by atoms with Gasteiger partial charge >= 0.3 is 6.09 Å². The first-order chi connectivity index (χ1) is 13.1. The van der Waals surface area contributed by atoms with Gasteiger partial charge in [0, 0.05) is 19.1 Å². The fourth-order valence-electron chi connectivity index (χ4n) is 4.69. The minimum absolute atomic E-state index is 0.106. The van der Waals surface area contributed by atoms with Crippen molar-refractivity contribution in [2.45, 2.75) is 50.0 Å². The molecule has 7 nitrogen and oxygen atoms in total. The molecule has 2 heterocycles. The summed E-state index contributed by atoms with van der Waals surface area (Å²) in [5.74, 6) is 0.807. The molecule has 4 rings (SSSR count). The summed E-state index contributed by atoms with van der Waals surface area (Å²) in [6, 6.07) is 7.88. The molecule has 1 saturated carbocycles. The molecule has 4 N–H and O–H groups in total. The second kappa shape index (κ2) is 7.66. The van der Waals surface area contributed by atoms with Crippen LogP contribution >= 0.6 is 0 Å². The summed E-state index contributed by atoms with van der Waals surface area (Å²) in [5.41, 5.74) is 1.48. The predicted octanol–water partition coefficient (Wildman–Crippen LogP) is 0.807. The largest absolute Gasteiger partial charge is 0.497 e. The van der Waals surface area contributed by atoms with Gasteiger partial charge in [0.1, 0.15) is 18.0 Å². The Morgan fingerprint density at radius 2 is 2.11 bits per heavy atom. The first-order valence-electron chi connectivity index (χ1n) is 9.79. The van der Waals surface area contributed by atoms with Crippen LogP contribution in [0.4, 0.5) is 4.79 Å². The maximum absolute atomic E-state index is 12.3. The molecule has 3 fully saturated rings. The highest BCUT2D eigenvalue weighted by atomic mass is 16.6. The van der Waals surface area contributed by atoms with Crippen molar-refractivity contribution in [1.82, 2.24) is 16.0 Å². The molecule has 1 aliphatic carbocycles. The van der Waals surface area contributed by atoms with Gasteiger partial charge in [-0.05, 0) is 55.3 Å². The smallest absolute Gasteiger partial charge is 0.407 e. The van der Waals surface area contributed by atoms with Crippen molar-refractivity contribution in [2.24, 2.45) is 5.41 Å². The molecule has 0 aromatic heterocycles. The number of rotatable bonds is 5. The van der Waals surface area contributed by atoms with Gasteiger partial charge in [0.2, 0.25) is 0 Å². The Labute approximate surface area is 159 Å². The van der Waals surface area contributed by atoms with E-state index in [2.05, 4.69) is 16.0 Å². The monoisotopic (exact) mass is 375 g/mol. The number of carbonyl (C=O) groups is 1. The number of aliphatic hydroxyl groups excluding tert-OH is 1. The lowest BCUT2D eigenvalue weighted by Crippen LogP contribution is -2.53. The maximum atomic E-state index is 12.3. The Morgan fingerprint density at radius 3 is 2.78 bits per heavy atom. The van der Waals surface area contributed by atoms with Gasteiger partial charge in [0.15, 0.2) is 0 Å². The van der Waals surface area contributed by atoms with Crippen molar-refractivity contribution < 1.29 is 19.4 Å². The molecule has 2 aliphatic heterocycles. The highest BCUT2D eigenvalue weighted by molar-refractivity contribution is 5.68. The molecular formula is C20H29N3O4. The van der Waals surface area contributed by atoms with Crippen LogP contribution in [0.2, 0.25) is 0 Å². The summed E-state index contributed by atoms with van der Waals surface area (Å²) in [6.45, 7) is 2.55. The van der Waals surface area contributed by atoms with Crippen LogP contribution in [0.3, 0.4) is 0 Å². The van der Waals surface area contributed by atoms with E-state index in [1.165, 1.54) is 6.42 Å². The Morgan fingerprint density at radius 1 is 1.33 bits per heavy atom. The molecule has 7 heteroatoms. The normalized spacial score (nSPS) is 35.0. The van der Waals surface area contributed by atoms with Crippen LogP contribution in [0.5, 0.6) is 5.75 Å². The number of hydrogen-bond acceptors (Lipinski definition) is 6. The van der Waals surface area contributed by atoms with Gasteiger partial charge in [-0.1, -0.05) is 12.1 Å². The lowest BCUT2D eigenvalue weighted by atomic mass is 9.65. The third kappa shape index (κ3) is 4.05. The van der Waals surface area contributed by atoms with E-state index < -0.39 is 18.3 Å².